The Labute approximate surface area is 153 Å². The van der Waals surface area contributed by atoms with Gasteiger partial charge in [-0.05, 0) is 36.8 Å². The van der Waals surface area contributed by atoms with E-state index in [1.165, 1.54) is 25.7 Å². The van der Waals surface area contributed by atoms with Crippen molar-refractivity contribution in [1.82, 2.24) is 19.7 Å². The third kappa shape index (κ3) is 2.99. The number of fused-ring (bicyclic) bond motifs is 1. The lowest BCUT2D eigenvalue weighted by Crippen LogP contribution is -2.18. The molecule has 0 radical (unpaired) electrons. The molecule has 7 heteroatoms. The van der Waals surface area contributed by atoms with Gasteiger partial charge in [0.2, 0.25) is 5.28 Å². The average Bonchev–Trinajstić information content (AvgIpc) is 3.29. The minimum atomic E-state index is -0.109. The summed E-state index contributed by atoms with van der Waals surface area (Å²) in [6, 6.07) is 0.462. The van der Waals surface area contributed by atoms with E-state index >= 15 is 0 Å². The van der Waals surface area contributed by atoms with Gasteiger partial charge in [0.15, 0.2) is 11.9 Å². The smallest absolute Gasteiger partial charge is 0.226 e. The van der Waals surface area contributed by atoms with Gasteiger partial charge in [-0.3, -0.25) is 0 Å². The Morgan fingerprint density at radius 2 is 2.00 bits per heavy atom. The van der Waals surface area contributed by atoms with Crippen molar-refractivity contribution in [2.24, 2.45) is 11.8 Å². The van der Waals surface area contributed by atoms with Gasteiger partial charge in [0, 0.05) is 12.0 Å². The Kier molecular flexibility index (Phi) is 4.58. The first-order valence-corrected chi connectivity index (χ1v) is 9.79. The van der Waals surface area contributed by atoms with Crippen molar-refractivity contribution in [2.75, 3.05) is 5.32 Å². The molecule has 0 bridgehead atoms. The normalized spacial score (nSPS) is 30.4. The molecule has 1 aliphatic heterocycles. The first-order valence-electron chi connectivity index (χ1n) is 9.41. The predicted molar refractivity (Wildman–Crippen MR) is 98.7 cm³/mol. The fourth-order valence-electron chi connectivity index (χ4n) is 4.23. The van der Waals surface area contributed by atoms with Crippen LogP contribution in [-0.4, -0.2) is 31.9 Å². The monoisotopic (exact) mass is 363 g/mol. The maximum atomic E-state index is 6.28. The van der Waals surface area contributed by atoms with Gasteiger partial charge in [-0.1, -0.05) is 33.6 Å². The predicted octanol–water partition coefficient (Wildman–Crippen LogP) is 4.41. The summed E-state index contributed by atoms with van der Waals surface area (Å²) in [5.41, 5.74) is 0.751. The molecule has 1 N–H and O–H groups in total. The van der Waals surface area contributed by atoms with Gasteiger partial charge < -0.3 is 10.1 Å². The van der Waals surface area contributed by atoms with Crippen LogP contribution in [0.1, 0.15) is 59.1 Å². The lowest BCUT2D eigenvalue weighted by Gasteiger charge is -2.18. The van der Waals surface area contributed by atoms with E-state index in [9.17, 15) is 0 Å². The van der Waals surface area contributed by atoms with E-state index in [-0.39, 0.29) is 17.6 Å². The van der Waals surface area contributed by atoms with Crippen LogP contribution in [0.4, 0.5) is 5.82 Å². The number of hydrogen-bond donors (Lipinski definition) is 1. The summed E-state index contributed by atoms with van der Waals surface area (Å²) in [5, 5.41) is 9.30. The molecule has 2 fully saturated rings. The van der Waals surface area contributed by atoms with Crippen LogP contribution in [0, 0.1) is 11.8 Å². The van der Waals surface area contributed by atoms with E-state index < -0.39 is 0 Å². The average molecular weight is 364 g/mol. The highest BCUT2D eigenvalue weighted by Crippen LogP contribution is 2.41. The molecule has 25 heavy (non-hydrogen) atoms. The molecular formula is C18H26ClN5O. The van der Waals surface area contributed by atoms with Gasteiger partial charge in [0.05, 0.1) is 17.7 Å². The Morgan fingerprint density at radius 3 is 2.68 bits per heavy atom. The molecular weight excluding hydrogens is 338 g/mol. The number of nitrogens with one attached hydrogen (secondary N) is 1. The Balaban J connectivity index is 1.70. The minimum Gasteiger partial charge on any atom is -0.367 e. The number of anilines is 1. The topological polar surface area (TPSA) is 64.9 Å². The van der Waals surface area contributed by atoms with Crippen LogP contribution in [0.25, 0.3) is 11.0 Å². The van der Waals surface area contributed by atoms with Crippen molar-refractivity contribution in [1.29, 1.82) is 0 Å². The molecule has 2 aromatic rings. The molecule has 3 heterocycles. The van der Waals surface area contributed by atoms with E-state index in [0.717, 1.165) is 23.3 Å². The van der Waals surface area contributed by atoms with Gasteiger partial charge >= 0.3 is 0 Å². The second-order valence-corrected chi connectivity index (χ2v) is 7.82. The molecule has 0 spiro atoms. The highest BCUT2D eigenvalue weighted by atomic mass is 35.5. The maximum absolute atomic E-state index is 6.28. The zero-order valence-corrected chi connectivity index (χ0v) is 15.8. The third-order valence-corrected chi connectivity index (χ3v) is 6.11. The minimum absolute atomic E-state index is 0.109. The molecule has 4 rings (SSSR count). The van der Waals surface area contributed by atoms with Crippen LogP contribution >= 0.6 is 11.6 Å². The van der Waals surface area contributed by atoms with Crippen molar-refractivity contribution < 1.29 is 4.74 Å². The van der Waals surface area contributed by atoms with Crippen LogP contribution in [0.5, 0.6) is 0 Å². The number of ether oxygens (including phenoxy) is 1. The van der Waals surface area contributed by atoms with E-state index in [2.05, 4.69) is 41.2 Å². The molecule has 1 aliphatic carbocycles. The molecule has 136 valence electrons. The third-order valence-electron chi connectivity index (χ3n) is 5.95. The molecule has 1 saturated carbocycles. The van der Waals surface area contributed by atoms with Gasteiger partial charge in [0.1, 0.15) is 5.82 Å². The Bertz CT molecular complexity index is 757. The maximum Gasteiger partial charge on any atom is 0.226 e. The van der Waals surface area contributed by atoms with Gasteiger partial charge in [-0.25, -0.2) is 4.68 Å². The van der Waals surface area contributed by atoms with Gasteiger partial charge in [-0.2, -0.15) is 15.1 Å². The molecule has 0 amide bonds. The van der Waals surface area contributed by atoms with Gasteiger partial charge in [0.25, 0.3) is 0 Å². The quantitative estimate of drug-likeness (QED) is 0.815. The van der Waals surface area contributed by atoms with Crippen LogP contribution in [0.3, 0.4) is 0 Å². The van der Waals surface area contributed by atoms with E-state index in [1.54, 1.807) is 0 Å². The number of hydrogen-bond acceptors (Lipinski definition) is 5. The second-order valence-electron chi connectivity index (χ2n) is 7.48. The molecule has 1 saturated heterocycles. The van der Waals surface area contributed by atoms with Crippen molar-refractivity contribution in [3.8, 4) is 0 Å². The zero-order valence-electron chi connectivity index (χ0n) is 15.1. The molecule has 2 aromatic heterocycles. The summed E-state index contributed by atoms with van der Waals surface area (Å²) in [6.07, 6.45) is 7.88. The standard InChI is InChI=1S/C18H26ClN5O/c1-4-14-10(2)11(3)17(25-14)24-16-13(9-20-24)15(22-18(19)23-16)21-12-7-5-6-8-12/h9-12,14,17H,4-8H2,1-3H3,(H,21,22,23)/t10-,11+,14+,17+/m0/s1. The van der Waals surface area contributed by atoms with Gasteiger partial charge in [-0.15, -0.1) is 0 Å². The van der Waals surface area contributed by atoms with Crippen molar-refractivity contribution in [2.45, 2.75) is 71.2 Å². The first-order chi connectivity index (χ1) is 12.1. The molecule has 2 aliphatic rings. The van der Waals surface area contributed by atoms with Crippen molar-refractivity contribution in [3.05, 3.63) is 11.5 Å². The lowest BCUT2D eigenvalue weighted by molar-refractivity contribution is -0.0189. The van der Waals surface area contributed by atoms with E-state index in [4.69, 9.17) is 16.3 Å². The number of nitrogens with zero attached hydrogens (tertiary/aromatic N) is 4. The Hall–Kier alpha value is -1.40. The largest absolute Gasteiger partial charge is 0.367 e. The second kappa shape index (κ2) is 6.72. The number of aromatic nitrogens is 4. The molecule has 0 unspecified atom stereocenters. The van der Waals surface area contributed by atoms with Crippen LogP contribution in [0.2, 0.25) is 5.28 Å². The highest BCUT2D eigenvalue weighted by molar-refractivity contribution is 6.28. The highest BCUT2D eigenvalue weighted by Gasteiger charge is 2.40. The first kappa shape index (κ1) is 17.0. The number of rotatable bonds is 4. The number of halogens is 1. The fourth-order valence-corrected chi connectivity index (χ4v) is 4.40. The molecule has 0 aromatic carbocycles. The summed E-state index contributed by atoms with van der Waals surface area (Å²) >= 11 is 6.22. The molecule has 6 nitrogen and oxygen atoms in total. The summed E-state index contributed by atoms with van der Waals surface area (Å²) in [7, 11) is 0. The summed E-state index contributed by atoms with van der Waals surface area (Å²) in [4.78, 5) is 8.88. The summed E-state index contributed by atoms with van der Waals surface area (Å²) < 4.78 is 8.17. The van der Waals surface area contributed by atoms with Crippen molar-refractivity contribution in [3.63, 3.8) is 0 Å². The summed E-state index contributed by atoms with van der Waals surface area (Å²) in [5.74, 6) is 1.65. The summed E-state index contributed by atoms with van der Waals surface area (Å²) in [6.45, 7) is 6.64. The fraction of sp³-hybridized carbons (Fsp3) is 0.722. The van der Waals surface area contributed by atoms with Crippen LogP contribution in [0.15, 0.2) is 6.20 Å². The van der Waals surface area contributed by atoms with Crippen LogP contribution < -0.4 is 5.32 Å². The van der Waals surface area contributed by atoms with Crippen molar-refractivity contribution >= 4 is 28.5 Å². The SMILES string of the molecule is CC[C@H]1O[C@@H](n2ncc3c(NC4CCCC4)nc(Cl)nc32)[C@H](C)[C@@H]1C. The Morgan fingerprint density at radius 1 is 1.24 bits per heavy atom. The lowest BCUT2D eigenvalue weighted by atomic mass is 9.92. The van der Waals surface area contributed by atoms with Crippen LogP contribution in [-0.2, 0) is 4.74 Å². The zero-order chi connectivity index (χ0) is 17.6. The van der Waals surface area contributed by atoms with E-state index in [1.807, 2.05) is 10.9 Å². The van der Waals surface area contributed by atoms with E-state index in [0.29, 0.717) is 17.9 Å². The molecule has 4 atom stereocenters.